The van der Waals surface area contributed by atoms with E-state index in [1.54, 1.807) is 0 Å². The Morgan fingerprint density at radius 2 is 1.89 bits per heavy atom. The van der Waals surface area contributed by atoms with Crippen LogP contribution in [0.15, 0.2) is 0 Å². The highest BCUT2D eigenvalue weighted by Gasteiger charge is 2.29. The van der Waals surface area contributed by atoms with E-state index in [-0.39, 0.29) is 11.2 Å². The predicted molar refractivity (Wildman–Crippen MR) is 69.5 cm³/mol. The molecule has 0 aliphatic heterocycles. The van der Waals surface area contributed by atoms with Crippen molar-refractivity contribution in [2.24, 2.45) is 0 Å². The van der Waals surface area contributed by atoms with Crippen LogP contribution in [-0.2, 0) is 0 Å². The summed E-state index contributed by atoms with van der Waals surface area (Å²) in [6, 6.07) is 0.450. The standard InChI is InChI=1S/C11H20F3N3S/c1-17(2)9-6-4-3-5-8(9)16-10(18)15-7-11(12,13)14/h8-9H,3-7H2,1-2H3,(H2,15,16,18). The predicted octanol–water partition coefficient (Wildman–Crippen LogP) is 1.89. The van der Waals surface area contributed by atoms with Gasteiger partial charge in [0.25, 0.3) is 0 Å². The Hall–Kier alpha value is -0.560. The molecule has 0 saturated heterocycles. The summed E-state index contributed by atoms with van der Waals surface area (Å²) in [5.74, 6) is 0. The second-order valence-corrected chi connectivity index (χ2v) is 5.27. The van der Waals surface area contributed by atoms with Crippen molar-refractivity contribution in [1.82, 2.24) is 15.5 Å². The van der Waals surface area contributed by atoms with E-state index < -0.39 is 12.7 Å². The third kappa shape index (κ3) is 5.39. The summed E-state index contributed by atoms with van der Waals surface area (Å²) in [5, 5.41) is 5.30. The van der Waals surface area contributed by atoms with Crippen LogP contribution in [0.4, 0.5) is 13.2 Å². The zero-order valence-corrected chi connectivity index (χ0v) is 11.5. The SMILES string of the molecule is CN(C)C1CCCCC1NC(=S)NCC(F)(F)F. The van der Waals surface area contributed by atoms with Crippen LogP contribution in [0.3, 0.4) is 0 Å². The van der Waals surface area contributed by atoms with Gasteiger partial charge in [-0.1, -0.05) is 12.8 Å². The summed E-state index contributed by atoms with van der Waals surface area (Å²) < 4.78 is 36.1. The highest BCUT2D eigenvalue weighted by molar-refractivity contribution is 7.80. The molecule has 1 aliphatic carbocycles. The Morgan fingerprint density at radius 3 is 2.44 bits per heavy atom. The lowest BCUT2D eigenvalue weighted by Gasteiger charge is -2.37. The van der Waals surface area contributed by atoms with Crippen molar-refractivity contribution in [2.45, 2.75) is 43.9 Å². The van der Waals surface area contributed by atoms with Gasteiger partial charge in [-0.3, -0.25) is 0 Å². The monoisotopic (exact) mass is 283 g/mol. The van der Waals surface area contributed by atoms with E-state index in [4.69, 9.17) is 12.2 Å². The maximum absolute atomic E-state index is 12.0. The van der Waals surface area contributed by atoms with Gasteiger partial charge in [0.05, 0.1) is 0 Å². The summed E-state index contributed by atoms with van der Waals surface area (Å²) in [4.78, 5) is 2.10. The van der Waals surface area contributed by atoms with Gasteiger partial charge in [-0.15, -0.1) is 0 Å². The number of rotatable bonds is 3. The van der Waals surface area contributed by atoms with Crippen LogP contribution in [0.5, 0.6) is 0 Å². The molecule has 7 heteroatoms. The van der Waals surface area contributed by atoms with Crippen LogP contribution in [-0.4, -0.2) is 48.9 Å². The van der Waals surface area contributed by atoms with Crippen molar-refractivity contribution in [3.63, 3.8) is 0 Å². The van der Waals surface area contributed by atoms with Crippen molar-refractivity contribution in [2.75, 3.05) is 20.6 Å². The van der Waals surface area contributed by atoms with E-state index in [0.29, 0.717) is 6.04 Å². The van der Waals surface area contributed by atoms with Crippen molar-refractivity contribution >= 4 is 17.3 Å². The van der Waals surface area contributed by atoms with E-state index >= 15 is 0 Å². The number of nitrogens with one attached hydrogen (secondary N) is 2. The quantitative estimate of drug-likeness (QED) is 0.774. The summed E-state index contributed by atoms with van der Waals surface area (Å²) in [5.41, 5.74) is 0. The van der Waals surface area contributed by atoms with Gasteiger partial charge in [0, 0.05) is 12.1 Å². The molecule has 0 bridgehead atoms. The van der Waals surface area contributed by atoms with Gasteiger partial charge >= 0.3 is 6.18 Å². The Morgan fingerprint density at radius 1 is 1.28 bits per heavy atom. The van der Waals surface area contributed by atoms with Crippen LogP contribution >= 0.6 is 12.2 Å². The zero-order chi connectivity index (χ0) is 13.8. The van der Waals surface area contributed by atoms with Crippen molar-refractivity contribution < 1.29 is 13.2 Å². The molecule has 2 unspecified atom stereocenters. The molecule has 1 saturated carbocycles. The fraction of sp³-hybridized carbons (Fsp3) is 0.909. The van der Waals surface area contributed by atoms with Gasteiger partial charge < -0.3 is 15.5 Å². The van der Waals surface area contributed by atoms with Gasteiger partial charge in [-0.25, -0.2) is 0 Å². The fourth-order valence-corrected chi connectivity index (χ4v) is 2.52. The second-order valence-electron chi connectivity index (χ2n) is 4.86. The first-order valence-corrected chi connectivity index (χ1v) is 6.48. The number of alkyl halides is 3. The van der Waals surface area contributed by atoms with E-state index in [1.807, 2.05) is 14.1 Å². The molecule has 1 fully saturated rings. The van der Waals surface area contributed by atoms with Gasteiger partial charge in [0.1, 0.15) is 6.54 Å². The summed E-state index contributed by atoms with van der Waals surface area (Å²) >= 11 is 4.90. The first-order chi connectivity index (χ1) is 8.29. The first-order valence-electron chi connectivity index (χ1n) is 6.07. The minimum atomic E-state index is -4.24. The average molecular weight is 283 g/mol. The topological polar surface area (TPSA) is 27.3 Å². The van der Waals surface area contributed by atoms with Gasteiger partial charge in [-0.2, -0.15) is 13.2 Å². The van der Waals surface area contributed by atoms with Crippen LogP contribution < -0.4 is 10.6 Å². The molecule has 3 nitrogen and oxygen atoms in total. The first kappa shape index (κ1) is 15.5. The van der Waals surface area contributed by atoms with Crippen molar-refractivity contribution in [3.05, 3.63) is 0 Å². The van der Waals surface area contributed by atoms with Crippen LogP contribution in [0.25, 0.3) is 0 Å². The third-order valence-electron chi connectivity index (χ3n) is 3.16. The van der Waals surface area contributed by atoms with Crippen molar-refractivity contribution in [3.8, 4) is 0 Å². The number of thiocarbonyl (C=S) groups is 1. The molecule has 0 heterocycles. The second kappa shape index (κ2) is 6.56. The molecular weight excluding hydrogens is 263 g/mol. The third-order valence-corrected chi connectivity index (χ3v) is 3.42. The number of nitrogens with zero attached hydrogens (tertiary/aromatic N) is 1. The lowest BCUT2D eigenvalue weighted by Crippen LogP contribution is -2.54. The van der Waals surface area contributed by atoms with Gasteiger partial charge in [0.2, 0.25) is 0 Å². The molecule has 106 valence electrons. The largest absolute Gasteiger partial charge is 0.405 e. The number of hydrogen-bond donors (Lipinski definition) is 2. The van der Waals surface area contributed by atoms with Crippen LogP contribution in [0.1, 0.15) is 25.7 Å². The molecule has 0 aromatic carbocycles. The Kier molecular flexibility index (Phi) is 5.65. The number of halogens is 3. The smallest absolute Gasteiger partial charge is 0.358 e. The maximum Gasteiger partial charge on any atom is 0.405 e. The molecule has 0 amide bonds. The summed E-state index contributed by atoms with van der Waals surface area (Å²) in [6.45, 7) is -1.09. The number of likely N-dealkylation sites (N-methyl/N-ethyl adjacent to an activating group) is 1. The summed E-state index contributed by atoms with van der Waals surface area (Å²) in [6.07, 6.45) is -0.00382. The molecule has 2 N–H and O–H groups in total. The van der Waals surface area contributed by atoms with Gasteiger partial charge in [-0.05, 0) is 39.2 Å². The Balaban J connectivity index is 2.41. The molecule has 0 aromatic rings. The molecular formula is C11H20F3N3S. The normalized spacial score (nSPS) is 25.0. The lowest BCUT2D eigenvalue weighted by atomic mass is 9.90. The molecule has 2 atom stereocenters. The molecule has 0 spiro atoms. The molecule has 18 heavy (non-hydrogen) atoms. The Bertz CT molecular complexity index is 281. The van der Waals surface area contributed by atoms with E-state index in [1.165, 1.54) is 0 Å². The van der Waals surface area contributed by atoms with E-state index in [9.17, 15) is 13.2 Å². The minimum Gasteiger partial charge on any atom is -0.358 e. The maximum atomic E-state index is 12.0. The van der Waals surface area contributed by atoms with E-state index in [2.05, 4.69) is 15.5 Å². The number of hydrogen-bond acceptors (Lipinski definition) is 2. The molecule has 1 aliphatic rings. The van der Waals surface area contributed by atoms with Crippen LogP contribution in [0, 0.1) is 0 Å². The lowest BCUT2D eigenvalue weighted by molar-refractivity contribution is -0.122. The van der Waals surface area contributed by atoms with Gasteiger partial charge in [0.15, 0.2) is 5.11 Å². The zero-order valence-electron chi connectivity index (χ0n) is 10.7. The molecule has 1 rings (SSSR count). The summed E-state index contributed by atoms with van der Waals surface area (Å²) in [7, 11) is 3.97. The van der Waals surface area contributed by atoms with E-state index in [0.717, 1.165) is 25.7 Å². The highest BCUT2D eigenvalue weighted by atomic mass is 32.1. The highest BCUT2D eigenvalue weighted by Crippen LogP contribution is 2.21. The average Bonchev–Trinajstić information content (AvgIpc) is 2.26. The van der Waals surface area contributed by atoms with Crippen LogP contribution in [0.2, 0.25) is 0 Å². The molecule has 0 radical (unpaired) electrons. The minimum absolute atomic E-state index is 0.0890. The fourth-order valence-electron chi connectivity index (χ4n) is 2.30. The molecule has 0 aromatic heterocycles. The Labute approximate surface area is 111 Å². The van der Waals surface area contributed by atoms with Crippen molar-refractivity contribution in [1.29, 1.82) is 0 Å².